The number of hydrogen-bond donors (Lipinski definition) is 0. The number of allylic oxidation sites excluding steroid dienone is 5. The minimum absolute atomic E-state index is 0.269. The van der Waals surface area contributed by atoms with Gasteiger partial charge in [0.1, 0.15) is 11.9 Å². The Morgan fingerprint density at radius 1 is 1.17 bits per heavy atom. The van der Waals surface area contributed by atoms with Crippen molar-refractivity contribution in [1.29, 1.82) is 0 Å². The molecule has 2 rings (SSSR count). The summed E-state index contributed by atoms with van der Waals surface area (Å²) in [5.41, 5.74) is 3.46. The molecule has 0 saturated heterocycles. The van der Waals surface area contributed by atoms with Crippen LogP contribution < -0.4 is 0 Å². The fourth-order valence-electron chi connectivity index (χ4n) is 2.57. The van der Waals surface area contributed by atoms with Crippen LogP contribution in [0.1, 0.15) is 32.9 Å². The maximum Gasteiger partial charge on any atom is 0.331 e. The van der Waals surface area contributed by atoms with Gasteiger partial charge in [-0.2, -0.15) is 0 Å². The minimum Gasteiger partial charge on any atom is -0.455 e. The van der Waals surface area contributed by atoms with E-state index in [9.17, 15) is 9.18 Å². The van der Waals surface area contributed by atoms with E-state index in [0.29, 0.717) is 0 Å². The first-order valence-corrected chi connectivity index (χ1v) is 9.60. The molecule has 1 heterocycles. The van der Waals surface area contributed by atoms with Crippen LogP contribution >= 0.6 is 0 Å². The number of carbonyl (C=O) groups is 1. The maximum atomic E-state index is 13.3. The van der Waals surface area contributed by atoms with E-state index < -0.39 is 0 Å². The minimum atomic E-state index is -0.371. The van der Waals surface area contributed by atoms with Crippen LogP contribution in [-0.4, -0.2) is 17.1 Å². The molecule has 1 atom stereocenters. The second-order valence-electron chi connectivity index (χ2n) is 6.56. The standard InChI is InChI=1S/C25H26FNO2/c1-4-8-19(2)13-16-25(28)29-20(3)9-5-6-12-24-15-14-22(18-27-24)21-10-7-11-23(26)17-21/h5-18,20H,4H2,1-3H3/b9-5-,12-6+,16-13+,19-8+/t20-/m1/s1. The molecule has 0 aliphatic heterocycles. The molecule has 1 aromatic heterocycles. The molecular formula is C25H26FNO2. The highest BCUT2D eigenvalue weighted by molar-refractivity contribution is 5.82. The van der Waals surface area contributed by atoms with Crippen molar-refractivity contribution in [3.63, 3.8) is 0 Å². The molecule has 0 bridgehead atoms. The molecule has 3 nitrogen and oxygen atoms in total. The third kappa shape index (κ3) is 8.09. The molecule has 0 unspecified atom stereocenters. The second-order valence-corrected chi connectivity index (χ2v) is 6.56. The molecule has 2 aromatic rings. The number of rotatable bonds is 8. The lowest BCUT2D eigenvalue weighted by atomic mass is 10.1. The first kappa shape index (κ1) is 22.0. The molecule has 0 radical (unpaired) electrons. The van der Waals surface area contributed by atoms with Crippen LogP contribution in [0.4, 0.5) is 4.39 Å². The summed E-state index contributed by atoms with van der Waals surface area (Å²) >= 11 is 0. The van der Waals surface area contributed by atoms with Crippen molar-refractivity contribution < 1.29 is 13.9 Å². The SMILES string of the molecule is CC/C=C(C)/C=C/C(=O)O[C@H](C)/C=C\C=C\c1ccc(-c2cccc(F)c2)cn1. The number of carbonyl (C=O) groups excluding carboxylic acids is 1. The van der Waals surface area contributed by atoms with Crippen molar-refractivity contribution in [1.82, 2.24) is 4.98 Å². The Kier molecular flexibility index (Phi) is 8.77. The van der Waals surface area contributed by atoms with E-state index in [1.807, 2.05) is 56.4 Å². The summed E-state index contributed by atoms with van der Waals surface area (Å²) < 4.78 is 18.6. The van der Waals surface area contributed by atoms with Gasteiger partial charge in [0.15, 0.2) is 0 Å². The molecule has 0 N–H and O–H groups in total. The van der Waals surface area contributed by atoms with Crippen molar-refractivity contribution in [2.24, 2.45) is 0 Å². The fraction of sp³-hybridized carbons (Fsp3) is 0.200. The number of pyridine rings is 1. The molecular weight excluding hydrogens is 365 g/mol. The van der Waals surface area contributed by atoms with E-state index in [0.717, 1.165) is 28.8 Å². The summed E-state index contributed by atoms with van der Waals surface area (Å²) in [7, 11) is 0. The lowest BCUT2D eigenvalue weighted by molar-refractivity contribution is -0.140. The van der Waals surface area contributed by atoms with Crippen LogP contribution in [0, 0.1) is 5.82 Å². The Morgan fingerprint density at radius 2 is 2.00 bits per heavy atom. The Hall–Kier alpha value is -3.27. The van der Waals surface area contributed by atoms with Gasteiger partial charge in [-0.05, 0) is 56.2 Å². The average Bonchev–Trinajstić information content (AvgIpc) is 2.70. The summed E-state index contributed by atoms with van der Waals surface area (Å²) in [6.07, 6.45) is 14.8. The highest BCUT2D eigenvalue weighted by Gasteiger charge is 2.02. The third-order valence-electron chi connectivity index (χ3n) is 4.01. The maximum absolute atomic E-state index is 13.3. The number of nitrogens with zero attached hydrogens (tertiary/aromatic N) is 1. The average molecular weight is 391 g/mol. The first-order chi connectivity index (χ1) is 14.0. The second kappa shape index (κ2) is 11.5. The number of aromatic nitrogens is 1. The third-order valence-corrected chi connectivity index (χ3v) is 4.01. The van der Waals surface area contributed by atoms with E-state index in [4.69, 9.17) is 4.74 Å². The van der Waals surface area contributed by atoms with Gasteiger partial charge in [0.25, 0.3) is 0 Å². The fourth-order valence-corrected chi connectivity index (χ4v) is 2.57. The van der Waals surface area contributed by atoms with Crippen molar-refractivity contribution in [3.05, 3.63) is 96.1 Å². The van der Waals surface area contributed by atoms with E-state index >= 15 is 0 Å². The largest absolute Gasteiger partial charge is 0.455 e. The zero-order valence-electron chi connectivity index (χ0n) is 17.0. The number of ether oxygens (including phenoxy) is 1. The van der Waals surface area contributed by atoms with Gasteiger partial charge in [0.2, 0.25) is 0 Å². The molecule has 0 fully saturated rings. The molecule has 0 aliphatic carbocycles. The van der Waals surface area contributed by atoms with Crippen LogP contribution in [0.5, 0.6) is 0 Å². The summed E-state index contributed by atoms with van der Waals surface area (Å²) in [6, 6.07) is 10.2. The summed E-state index contributed by atoms with van der Waals surface area (Å²) in [5, 5.41) is 0. The normalized spacial score (nSPS) is 13.4. The Morgan fingerprint density at radius 3 is 2.69 bits per heavy atom. The van der Waals surface area contributed by atoms with Gasteiger partial charge >= 0.3 is 5.97 Å². The number of hydrogen-bond acceptors (Lipinski definition) is 3. The number of halogens is 1. The quantitative estimate of drug-likeness (QED) is 0.301. The van der Waals surface area contributed by atoms with Crippen LogP contribution in [0.25, 0.3) is 17.2 Å². The predicted octanol–water partition coefficient (Wildman–Crippen LogP) is 6.30. The van der Waals surface area contributed by atoms with Gasteiger partial charge in [0, 0.05) is 17.8 Å². The molecule has 0 amide bonds. The lowest BCUT2D eigenvalue weighted by Gasteiger charge is -2.06. The zero-order chi connectivity index (χ0) is 21.1. The molecule has 1 aromatic carbocycles. The first-order valence-electron chi connectivity index (χ1n) is 9.60. The zero-order valence-corrected chi connectivity index (χ0v) is 17.0. The highest BCUT2D eigenvalue weighted by Crippen LogP contribution is 2.19. The smallest absolute Gasteiger partial charge is 0.331 e. The summed E-state index contributed by atoms with van der Waals surface area (Å²) in [4.78, 5) is 16.1. The molecule has 0 saturated carbocycles. The molecule has 0 spiro atoms. The van der Waals surface area contributed by atoms with Gasteiger partial charge in [-0.3, -0.25) is 4.98 Å². The monoisotopic (exact) mass is 391 g/mol. The topological polar surface area (TPSA) is 39.2 Å². The molecule has 150 valence electrons. The van der Waals surface area contributed by atoms with E-state index in [1.54, 1.807) is 31.3 Å². The predicted molar refractivity (Wildman–Crippen MR) is 117 cm³/mol. The number of esters is 1. The van der Waals surface area contributed by atoms with Crippen LogP contribution in [-0.2, 0) is 9.53 Å². The lowest BCUT2D eigenvalue weighted by Crippen LogP contribution is -2.09. The van der Waals surface area contributed by atoms with Crippen molar-refractivity contribution in [2.75, 3.05) is 0 Å². The molecule has 0 aliphatic rings. The number of benzene rings is 1. The van der Waals surface area contributed by atoms with Crippen molar-refractivity contribution in [2.45, 2.75) is 33.3 Å². The van der Waals surface area contributed by atoms with Gasteiger partial charge in [0.05, 0.1) is 5.69 Å². The van der Waals surface area contributed by atoms with Crippen LogP contribution in [0.3, 0.4) is 0 Å². The van der Waals surface area contributed by atoms with E-state index in [1.165, 1.54) is 18.2 Å². The highest BCUT2D eigenvalue weighted by atomic mass is 19.1. The van der Waals surface area contributed by atoms with Crippen LogP contribution in [0.2, 0.25) is 0 Å². The van der Waals surface area contributed by atoms with Gasteiger partial charge in [-0.1, -0.05) is 55.0 Å². The van der Waals surface area contributed by atoms with Gasteiger partial charge < -0.3 is 4.74 Å². The van der Waals surface area contributed by atoms with E-state index in [-0.39, 0.29) is 17.9 Å². The Labute approximate surface area is 171 Å². The summed E-state index contributed by atoms with van der Waals surface area (Å²) in [6.45, 7) is 5.79. The van der Waals surface area contributed by atoms with Crippen molar-refractivity contribution >= 4 is 12.0 Å². The van der Waals surface area contributed by atoms with Gasteiger partial charge in [-0.25, -0.2) is 9.18 Å². The summed E-state index contributed by atoms with van der Waals surface area (Å²) in [5.74, 6) is -0.640. The molecule has 29 heavy (non-hydrogen) atoms. The van der Waals surface area contributed by atoms with Gasteiger partial charge in [-0.15, -0.1) is 0 Å². The van der Waals surface area contributed by atoms with Crippen molar-refractivity contribution in [3.8, 4) is 11.1 Å². The Bertz CT molecular complexity index is 924. The Balaban J connectivity index is 1.86. The van der Waals surface area contributed by atoms with Crippen LogP contribution in [0.15, 0.2) is 84.6 Å². The van der Waals surface area contributed by atoms with E-state index in [2.05, 4.69) is 4.98 Å². The molecule has 4 heteroatoms.